The number of nitrogens with one attached hydrogen (secondary N) is 1. The number of para-hydroxylation sites is 2. The molecule has 0 bridgehead atoms. The number of amides is 1. The van der Waals surface area contributed by atoms with Crippen LogP contribution in [0.2, 0.25) is 0 Å². The minimum atomic E-state index is -0.356. The normalized spacial score (nSPS) is 22.1. The zero-order valence-corrected chi connectivity index (χ0v) is 10.3. The van der Waals surface area contributed by atoms with E-state index in [1.165, 1.54) is 0 Å². The Morgan fingerprint density at radius 2 is 2.11 bits per heavy atom. The van der Waals surface area contributed by atoms with Crippen LogP contribution in [0.5, 0.6) is 5.75 Å². The molecule has 1 aliphatic rings. The fourth-order valence-electron chi connectivity index (χ4n) is 1.97. The van der Waals surface area contributed by atoms with Crippen LogP contribution in [0.1, 0.15) is 19.3 Å². The van der Waals surface area contributed by atoms with E-state index in [1.807, 2.05) is 24.3 Å². The average molecular weight is 249 g/mol. The molecule has 0 heterocycles. The second kappa shape index (κ2) is 5.73. The van der Waals surface area contributed by atoms with Crippen LogP contribution < -0.4 is 21.5 Å². The van der Waals surface area contributed by atoms with Crippen molar-refractivity contribution in [3.05, 3.63) is 24.3 Å². The third kappa shape index (κ3) is 3.37. The summed E-state index contributed by atoms with van der Waals surface area (Å²) in [6.07, 6.45) is 2.19. The van der Waals surface area contributed by atoms with E-state index in [-0.39, 0.29) is 12.3 Å². The van der Waals surface area contributed by atoms with E-state index >= 15 is 0 Å². The van der Waals surface area contributed by atoms with E-state index in [1.54, 1.807) is 0 Å². The Balaban J connectivity index is 1.90. The van der Waals surface area contributed by atoms with Crippen molar-refractivity contribution in [3.8, 4) is 5.75 Å². The lowest BCUT2D eigenvalue weighted by Crippen LogP contribution is -2.44. The molecule has 1 fully saturated rings. The number of rotatable bonds is 6. The Bertz CT molecular complexity index is 416. The zero-order valence-electron chi connectivity index (χ0n) is 10.3. The lowest BCUT2D eigenvalue weighted by molar-refractivity contribution is -0.118. The fourth-order valence-corrected chi connectivity index (χ4v) is 1.97. The highest BCUT2D eigenvalue weighted by Gasteiger charge is 2.26. The fraction of sp³-hybridized carbons (Fsp3) is 0.462. The molecule has 0 aromatic heterocycles. The van der Waals surface area contributed by atoms with Crippen molar-refractivity contribution in [2.45, 2.75) is 31.3 Å². The second-order valence-corrected chi connectivity index (χ2v) is 4.63. The zero-order chi connectivity index (χ0) is 13.0. The van der Waals surface area contributed by atoms with Gasteiger partial charge < -0.3 is 21.5 Å². The van der Waals surface area contributed by atoms with Gasteiger partial charge in [0.2, 0.25) is 5.91 Å². The largest absolute Gasteiger partial charge is 0.491 e. The van der Waals surface area contributed by atoms with Crippen molar-refractivity contribution in [1.29, 1.82) is 0 Å². The van der Waals surface area contributed by atoms with Gasteiger partial charge in [-0.3, -0.25) is 4.79 Å². The molecule has 1 aliphatic carbocycles. The van der Waals surface area contributed by atoms with Crippen molar-refractivity contribution < 1.29 is 9.53 Å². The topological polar surface area (TPSA) is 90.4 Å². The third-order valence-corrected chi connectivity index (χ3v) is 3.03. The van der Waals surface area contributed by atoms with Gasteiger partial charge >= 0.3 is 0 Å². The van der Waals surface area contributed by atoms with Crippen molar-refractivity contribution in [2.24, 2.45) is 11.5 Å². The number of benzene rings is 1. The monoisotopic (exact) mass is 249 g/mol. The Labute approximate surface area is 106 Å². The maximum absolute atomic E-state index is 10.7. The van der Waals surface area contributed by atoms with Gasteiger partial charge in [0.1, 0.15) is 5.75 Å². The molecule has 1 amide bonds. The summed E-state index contributed by atoms with van der Waals surface area (Å²) in [6, 6.07) is 8.41. The van der Waals surface area contributed by atoms with Gasteiger partial charge in [0.25, 0.3) is 0 Å². The van der Waals surface area contributed by atoms with Crippen LogP contribution in [0.15, 0.2) is 24.3 Å². The molecule has 1 aromatic carbocycles. The number of ether oxygens (including phenoxy) is 1. The van der Waals surface area contributed by atoms with Crippen molar-refractivity contribution in [1.82, 2.24) is 0 Å². The molecular formula is C13H19N3O2. The van der Waals surface area contributed by atoms with Crippen LogP contribution in [-0.2, 0) is 4.79 Å². The Morgan fingerprint density at radius 3 is 2.78 bits per heavy atom. The summed E-state index contributed by atoms with van der Waals surface area (Å²) in [7, 11) is 0. The molecule has 5 heteroatoms. The molecule has 0 spiro atoms. The van der Waals surface area contributed by atoms with Crippen LogP contribution in [0.25, 0.3) is 0 Å². The molecule has 2 rings (SSSR count). The third-order valence-electron chi connectivity index (χ3n) is 3.03. The number of anilines is 1. The first-order valence-electron chi connectivity index (χ1n) is 6.17. The molecule has 5 nitrogen and oxygen atoms in total. The van der Waals surface area contributed by atoms with Gasteiger partial charge in [-0.2, -0.15) is 0 Å². The van der Waals surface area contributed by atoms with E-state index in [0.29, 0.717) is 18.7 Å². The van der Waals surface area contributed by atoms with Crippen molar-refractivity contribution in [3.63, 3.8) is 0 Å². The van der Waals surface area contributed by atoms with E-state index in [0.717, 1.165) is 24.3 Å². The van der Waals surface area contributed by atoms with Crippen molar-refractivity contribution >= 4 is 11.6 Å². The quantitative estimate of drug-likeness (QED) is 0.697. The van der Waals surface area contributed by atoms with Crippen molar-refractivity contribution in [2.75, 3.05) is 11.9 Å². The molecule has 0 atom stereocenters. The molecular weight excluding hydrogens is 230 g/mol. The summed E-state index contributed by atoms with van der Waals surface area (Å²) in [5, 5.41) is 3.39. The van der Waals surface area contributed by atoms with Crippen LogP contribution in [0.4, 0.5) is 5.69 Å². The summed E-state index contributed by atoms with van der Waals surface area (Å²) in [5.41, 5.74) is 11.8. The SMILES string of the molecule is NC(=O)CCOc1ccccc1NC1CC(N)C1. The summed E-state index contributed by atoms with van der Waals surface area (Å²) in [4.78, 5) is 10.7. The predicted octanol–water partition coefficient (Wildman–Crippen LogP) is 0.842. The molecule has 0 unspecified atom stereocenters. The summed E-state index contributed by atoms with van der Waals surface area (Å²) in [6.45, 7) is 0.304. The highest BCUT2D eigenvalue weighted by molar-refractivity contribution is 5.73. The van der Waals surface area contributed by atoms with E-state index in [9.17, 15) is 4.79 Å². The first kappa shape index (κ1) is 12.7. The van der Waals surface area contributed by atoms with Gasteiger partial charge in [-0.05, 0) is 25.0 Å². The van der Waals surface area contributed by atoms with Gasteiger partial charge in [0.05, 0.1) is 18.7 Å². The number of carbonyl (C=O) groups excluding carboxylic acids is 1. The van der Waals surface area contributed by atoms with Gasteiger partial charge in [-0.1, -0.05) is 12.1 Å². The molecule has 98 valence electrons. The summed E-state index contributed by atoms with van der Waals surface area (Å²) >= 11 is 0. The highest BCUT2D eigenvalue weighted by atomic mass is 16.5. The number of hydrogen-bond acceptors (Lipinski definition) is 4. The smallest absolute Gasteiger partial charge is 0.220 e. The lowest BCUT2D eigenvalue weighted by atomic mass is 9.87. The predicted molar refractivity (Wildman–Crippen MR) is 70.4 cm³/mol. The van der Waals surface area contributed by atoms with E-state index < -0.39 is 0 Å². The molecule has 0 radical (unpaired) electrons. The standard InChI is InChI=1S/C13H19N3O2/c14-9-7-10(8-9)16-11-3-1-2-4-12(11)18-6-5-13(15)17/h1-4,9-10,16H,5-8,14H2,(H2,15,17). The maximum atomic E-state index is 10.7. The number of nitrogens with two attached hydrogens (primary N) is 2. The highest BCUT2D eigenvalue weighted by Crippen LogP contribution is 2.29. The lowest BCUT2D eigenvalue weighted by Gasteiger charge is -2.34. The van der Waals surface area contributed by atoms with E-state index in [4.69, 9.17) is 16.2 Å². The number of carbonyl (C=O) groups is 1. The van der Waals surface area contributed by atoms with Gasteiger partial charge in [-0.25, -0.2) is 0 Å². The van der Waals surface area contributed by atoms with E-state index in [2.05, 4.69) is 5.32 Å². The Kier molecular flexibility index (Phi) is 4.04. The first-order chi connectivity index (χ1) is 8.65. The second-order valence-electron chi connectivity index (χ2n) is 4.63. The average Bonchev–Trinajstić information content (AvgIpc) is 2.29. The Hall–Kier alpha value is -1.75. The molecule has 1 saturated carbocycles. The van der Waals surface area contributed by atoms with Gasteiger partial charge in [0, 0.05) is 12.1 Å². The van der Waals surface area contributed by atoms with Crippen LogP contribution >= 0.6 is 0 Å². The number of primary amides is 1. The molecule has 1 aromatic rings. The molecule has 18 heavy (non-hydrogen) atoms. The number of hydrogen-bond donors (Lipinski definition) is 3. The van der Waals surface area contributed by atoms with Crippen LogP contribution in [0, 0.1) is 0 Å². The maximum Gasteiger partial charge on any atom is 0.220 e. The Morgan fingerprint density at radius 1 is 1.39 bits per heavy atom. The summed E-state index contributed by atoms with van der Waals surface area (Å²) < 4.78 is 5.55. The molecule has 0 saturated heterocycles. The minimum Gasteiger partial charge on any atom is -0.491 e. The van der Waals surface area contributed by atoms with Crippen LogP contribution in [-0.4, -0.2) is 24.6 Å². The summed E-state index contributed by atoms with van der Waals surface area (Å²) in [5.74, 6) is 0.393. The minimum absolute atomic E-state index is 0.225. The van der Waals surface area contributed by atoms with Crippen LogP contribution in [0.3, 0.4) is 0 Å². The molecule has 5 N–H and O–H groups in total. The van der Waals surface area contributed by atoms with Gasteiger partial charge in [0.15, 0.2) is 0 Å². The molecule has 0 aliphatic heterocycles. The first-order valence-corrected chi connectivity index (χ1v) is 6.17. The van der Waals surface area contributed by atoms with Gasteiger partial charge in [-0.15, -0.1) is 0 Å².